The zero-order chi connectivity index (χ0) is 89.6. The zero-order valence-corrected chi connectivity index (χ0v) is 69.2. The normalized spacial score (nSPS) is 26.1. The van der Waals surface area contributed by atoms with Crippen LogP contribution in [-0.2, 0) is 63.9 Å². The molecule has 7 aromatic rings. The highest BCUT2D eigenvalue weighted by Crippen LogP contribution is 2.50. The molecular weight excluding hydrogens is 1690 g/mol. The third kappa shape index (κ3) is 20.7. The van der Waals surface area contributed by atoms with E-state index in [1.165, 1.54) is 68.2 Å². The van der Waals surface area contributed by atoms with Gasteiger partial charge in [-0.25, -0.2) is 10.2 Å². The lowest BCUT2D eigenvalue weighted by Crippen LogP contribution is -2.65. The molecule has 7 aliphatic rings. The Morgan fingerprint density at radius 1 is 0.718 bits per heavy atom. The molecule has 18 atom stereocenters. The number of fused-ring (bicyclic) bond motifs is 15. The minimum absolute atomic E-state index is 0.0314. The van der Waals surface area contributed by atoms with Crippen molar-refractivity contribution in [1.29, 1.82) is 0 Å². The van der Waals surface area contributed by atoms with Crippen molar-refractivity contribution < 1.29 is 118 Å². The molecule has 8 heterocycles. The summed E-state index contributed by atoms with van der Waals surface area (Å²) in [6, 6.07) is 7.91. The molecule has 124 heavy (non-hydrogen) atoms. The van der Waals surface area contributed by atoms with Crippen molar-refractivity contribution >= 4 is 99.9 Å². The lowest BCUT2D eigenvalue weighted by Gasteiger charge is -2.48. The number of primary amides is 1. The van der Waals surface area contributed by atoms with Gasteiger partial charge in [-0.05, 0) is 145 Å². The summed E-state index contributed by atoms with van der Waals surface area (Å²) in [6.07, 6.45) is -15.3. The molecule has 6 aromatic carbocycles. The molecule has 2 fully saturated rings. The van der Waals surface area contributed by atoms with Gasteiger partial charge in [0.15, 0.2) is 23.9 Å². The van der Waals surface area contributed by atoms with Gasteiger partial charge in [0.2, 0.25) is 59.3 Å². The summed E-state index contributed by atoms with van der Waals surface area (Å²) in [5.41, 5.74) is 6.52. The third-order valence-corrected chi connectivity index (χ3v) is 22.1. The number of aromatic hydroxyl groups is 3. The van der Waals surface area contributed by atoms with E-state index >= 15 is 24.0 Å². The number of hydrogen-bond acceptors (Lipinski definition) is 29. The van der Waals surface area contributed by atoms with E-state index in [4.69, 9.17) is 69.0 Å². The van der Waals surface area contributed by atoms with Crippen LogP contribution >= 0.6 is 34.8 Å². The molecule has 7 aliphatic heterocycles. The van der Waals surface area contributed by atoms with Crippen LogP contribution in [0.4, 0.5) is 5.82 Å². The number of amides is 9. The number of likely N-dealkylation sites (N-methyl/N-ethyl adjacent to an activating group) is 1. The molecule has 22 N–H and O–H groups in total. The van der Waals surface area contributed by atoms with E-state index in [2.05, 4.69) is 63.7 Å². The Bertz CT molecular complexity index is 5340. The van der Waals surface area contributed by atoms with E-state index in [9.17, 15) is 69.9 Å². The molecule has 1 aromatic heterocycles. The number of nitrogens with zero attached hydrogens (tertiary/aromatic N) is 2. The predicted octanol–water partition coefficient (Wildman–Crippen LogP) is 1.47. The van der Waals surface area contributed by atoms with Gasteiger partial charge in [0.1, 0.15) is 101 Å². The first kappa shape index (κ1) is 91.6. The SMILES string of the molecule is CNNC(=O)[C@@H]1NC(=O)C2NC(=O)C(NC(=O)C3NC(=O)C(CC(N)=O)NC(=O)C(NC(=O)C(CC(C)C)NC)C(O)c4ccc(c(Cl)c4)Oc4cc3cc(c4OC3OC(CO)C(O)C(O)C3OC3C[C@@](C)(NCCn4ccc(NC(=O)/C=C/c5ccc(Cl)cc5)nc4=O)C(O)C(C)O3)Oc3ccc(cc3Cl)C2O)c2ccc(O)c(c2)-c2c(O)cc(O)cc21. The third-order valence-electron chi connectivity index (χ3n) is 21.3. The number of hydrogen-bond donors (Lipinski definition) is 21. The van der Waals surface area contributed by atoms with Crippen LogP contribution in [0.15, 0.2) is 126 Å². The average Bonchev–Trinajstić information content (AvgIpc) is 0.762. The number of rotatable bonds is 21. The highest BCUT2D eigenvalue weighted by atomic mass is 35.5. The molecule has 660 valence electrons. The van der Waals surface area contributed by atoms with Gasteiger partial charge in [-0.1, -0.05) is 79.0 Å². The number of halogens is 3. The number of phenols is 3. The lowest BCUT2D eigenvalue weighted by molar-refractivity contribution is -0.334. The van der Waals surface area contributed by atoms with Crippen molar-refractivity contribution in [2.75, 3.05) is 32.6 Å². The number of carbonyl (C=O) groups excluding carboxylic acids is 9. The van der Waals surface area contributed by atoms with Gasteiger partial charge in [-0.3, -0.25) is 53.1 Å². The fourth-order valence-electron chi connectivity index (χ4n) is 14.9. The van der Waals surface area contributed by atoms with Crippen LogP contribution in [0, 0.1) is 5.92 Å². The topological polar surface area (TPSA) is 584 Å². The first-order chi connectivity index (χ1) is 58.9. The quantitative estimate of drug-likeness (QED) is 0.0358. The lowest BCUT2D eigenvalue weighted by atomic mass is 9.85. The van der Waals surface area contributed by atoms with Crippen molar-refractivity contribution in [1.82, 2.24) is 62.9 Å². The average molecular weight is 1780 g/mol. The van der Waals surface area contributed by atoms with Gasteiger partial charge < -0.3 is 128 Å². The summed E-state index contributed by atoms with van der Waals surface area (Å²) in [5, 5.41) is 130. The molecule has 11 bridgehead atoms. The number of aliphatic hydroxyl groups excluding tert-OH is 6. The van der Waals surface area contributed by atoms with Crippen molar-refractivity contribution in [2.24, 2.45) is 11.7 Å². The van der Waals surface area contributed by atoms with Crippen molar-refractivity contribution in [3.63, 3.8) is 0 Å². The molecule has 39 nitrogen and oxygen atoms in total. The molecular formula is C82H91Cl3N14O25. The molecule has 0 spiro atoms. The Morgan fingerprint density at radius 3 is 1.99 bits per heavy atom. The maximum absolute atomic E-state index is 16.3. The number of ether oxygens (including phenoxy) is 6. The Kier molecular flexibility index (Phi) is 28.8. The van der Waals surface area contributed by atoms with E-state index in [1.807, 2.05) is 13.8 Å². The second-order valence-electron chi connectivity index (χ2n) is 30.6. The number of nitrogens with one attached hydrogen (secondary N) is 11. The molecule has 9 amide bonds. The number of benzene rings is 6. The number of aromatic nitrogens is 2. The van der Waals surface area contributed by atoms with Gasteiger partial charge in [0, 0.05) is 66.6 Å². The van der Waals surface area contributed by atoms with E-state index in [0.29, 0.717) is 10.6 Å². The zero-order valence-electron chi connectivity index (χ0n) is 66.9. The number of hydrazine groups is 1. The van der Waals surface area contributed by atoms with E-state index in [1.54, 1.807) is 31.2 Å². The Morgan fingerprint density at radius 2 is 1.36 bits per heavy atom. The first-order valence-electron chi connectivity index (χ1n) is 38.9. The smallest absolute Gasteiger partial charge is 0.349 e. The Hall–Kier alpha value is -11.6. The molecule has 0 radical (unpaired) electrons. The minimum Gasteiger partial charge on any atom is -0.508 e. The minimum atomic E-state index is -2.38. The van der Waals surface area contributed by atoms with Crippen molar-refractivity contribution in [3.05, 3.63) is 180 Å². The molecule has 2 saturated heterocycles. The number of nitrogens with two attached hydrogens (primary N) is 1. The maximum Gasteiger partial charge on any atom is 0.349 e. The largest absolute Gasteiger partial charge is 0.508 e. The summed E-state index contributed by atoms with van der Waals surface area (Å²) in [5.74, 6) is -15.8. The fourth-order valence-corrected chi connectivity index (χ4v) is 15.5. The summed E-state index contributed by atoms with van der Waals surface area (Å²) in [4.78, 5) is 150. The van der Waals surface area contributed by atoms with E-state index < -0.39 is 254 Å². The summed E-state index contributed by atoms with van der Waals surface area (Å²) in [7, 11) is 2.75. The Balaban J connectivity index is 0.996. The number of anilines is 1. The van der Waals surface area contributed by atoms with Crippen LogP contribution in [0.2, 0.25) is 15.1 Å². The van der Waals surface area contributed by atoms with E-state index in [-0.39, 0.29) is 60.1 Å². The second-order valence-corrected chi connectivity index (χ2v) is 31.9. The van der Waals surface area contributed by atoms with Gasteiger partial charge in [0.25, 0.3) is 5.91 Å². The van der Waals surface area contributed by atoms with Crippen LogP contribution in [0.5, 0.6) is 46.0 Å². The number of carbonyl (C=O) groups is 9. The van der Waals surface area contributed by atoms with Gasteiger partial charge in [-0.15, -0.1) is 0 Å². The van der Waals surface area contributed by atoms with Crippen LogP contribution in [-0.4, -0.2) is 215 Å². The van der Waals surface area contributed by atoms with Crippen molar-refractivity contribution in [3.8, 4) is 57.1 Å². The van der Waals surface area contributed by atoms with Gasteiger partial charge in [0.05, 0.1) is 41.3 Å². The molecule has 0 aliphatic carbocycles. The monoisotopic (exact) mass is 1780 g/mol. The fraction of sp³-hybridized carbons (Fsp3) is 0.378. The second kappa shape index (κ2) is 39.1. The van der Waals surface area contributed by atoms with Crippen LogP contribution in [0.3, 0.4) is 0 Å². The maximum atomic E-state index is 16.3. The summed E-state index contributed by atoms with van der Waals surface area (Å²) < 4.78 is 40.6. The highest BCUT2D eigenvalue weighted by molar-refractivity contribution is 6.32. The predicted molar refractivity (Wildman–Crippen MR) is 440 cm³/mol. The number of phenolic OH excluding ortho intramolecular Hbond substituents is 3. The first-order valence-corrected chi connectivity index (χ1v) is 40.0. The standard InChI is InChI=1S/C82H91Cl3N14O25/c1-34(2)23-47(87-5)73(111)96-64-66(106)38-11-16-51(45(84)25-38)120-53-27-40-28-54(70(53)124-80-71(69(109)68(108)55(33-100)122-80)123-59-32-82(4,72(110)35(3)119-59)89-20-22-99-21-19-57(92-81(99)118)91-58(105)18-9-36-7-13-41(83)14-8-36)121-52-17-12-39(26-46(52)85)67(107)65-78(116)95-63(79(117)98-88-6)44-29-42(101)30-50(103)60(44)43-24-37(10-15-49(43)102)61(75(113)97-65)94-76(114)62(40)93-74(112)48(31-56(86)104)90-77(64)115/h7-19,21,24-30,34-35,47-48,55,59,61-69,71-72,80,87-89,100-103,106-110H,20,22-23,31-33H2,1-6H3,(H2,86,104)(H,90,115)(H,93,112)(H,94,114)(H,95,116)(H,96,111)(H,97,113)(H,98,117)(H,91,92,105,118)/b18-9+/t35?,47?,48?,55?,59?,61?,62?,63-,64?,65?,66?,67?,68?,69?,71?,72?,80?,82-/m1/s1. The highest BCUT2D eigenvalue weighted by Gasteiger charge is 2.52. The van der Waals surface area contributed by atoms with Crippen LogP contribution < -0.4 is 84.3 Å². The van der Waals surface area contributed by atoms with E-state index in [0.717, 1.165) is 60.7 Å². The molecule has 14 rings (SSSR count). The number of aliphatic hydroxyl groups is 6. The van der Waals surface area contributed by atoms with Crippen molar-refractivity contribution in [2.45, 2.75) is 163 Å². The van der Waals surface area contributed by atoms with Gasteiger partial charge in [-0.2, -0.15) is 4.98 Å². The molecule has 42 heteroatoms. The molecule has 16 unspecified atom stereocenters. The summed E-state index contributed by atoms with van der Waals surface area (Å²) in [6.45, 7) is 5.62. The van der Waals surface area contributed by atoms with Crippen LogP contribution in [0.1, 0.15) is 111 Å². The Labute approximate surface area is 721 Å². The summed E-state index contributed by atoms with van der Waals surface area (Å²) >= 11 is 20.3. The van der Waals surface area contributed by atoms with Crippen LogP contribution in [0.25, 0.3) is 17.2 Å². The van der Waals surface area contributed by atoms with Gasteiger partial charge >= 0.3 is 5.69 Å². The molecule has 0 saturated carbocycles.